The van der Waals surface area contributed by atoms with Crippen molar-refractivity contribution >= 4 is 11.9 Å². The molecular weight excluding hydrogens is 717 g/mol. The Labute approximate surface area is 363 Å². The van der Waals surface area contributed by atoms with E-state index in [0.29, 0.717) is 26.1 Å². The highest BCUT2D eigenvalue weighted by molar-refractivity contribution is 5.70. The first-order valence-corrected chi connectivity index (χ1v) is 26.6. The predicted octanol–water partition coefficient (Wildman–Crippen LogP) is 17.7. The van der Waals surface area contributed by atoms with Crippen LogP contribution in [0.4, 0.5) is 0 Å². The van der Waals surface area contributed by atoms with Crippen LogP contribution in [0.1, 0.15) is 303 Å². The summed E-state index contributed by atoms with van der Waals surface area (Å²) < 4.78 is 17.3. The molecule has 0 spiro atoms. The highest BCUT2D eigenvalue weighted by Crippen LogP contribution is 2.17. The third-order valence-corrected chi connectivity index (χ3v) is 12.1. The second-order valence-corrected chi connectivity index (χ2v) is 18.2. The molecular formula is C53H104O5. The van der Waals surface area contributed by atoms with Gasteiger partial charge >= 0.3 is 11.9 Å². The smallest absolute Gasteiger partial charge is 0.306 e. The number of hydrogen-bond donors (Lipinski definition) is 0. The maximum absolute atomic E-state index is 12.6. The van der Waals surface area contributed by atoms with Gasteiger partial charge in [0.1, 0.15) is 6.61 Å². The van der Waals surface area contributed by atoms with Gasteiger partial charge in [0, 0.05) is 19.4 Å². The Hall–Kier alpha value is -1.10. The van der Waals surface area contributed by atoms with E-state index in [9.17, 15) is 9.59 Å². The lowest BCUT2D eigenvalue weighted by molar-refractivity contribution is -0.163. The van der Waals surface area contributed by atoms with Crippen molar-refractivity contribution in [2.45, 2.75) is 309 Å². The molecule has 0 amide bonds. The first-order valence-electron chi connectivity index (χ1n) is 26.6. The predicted molar refractivity (Wildman–Crippen MR) is 252 cm³/mol. The fourth-order valence-corrected chi connectivity index (χ4v) is 8.16. The summed E-state index contributed by atoms with van der Waals surface area (Å²) in [6.45, 7) is 7.84. The average molecular weight is 821 g/mol. The standard InChI is InChI=1S/C53H104O5/c1-4-7-10-13-15-17-19-21-23-25-26-27-29-31-33-35-37-39-42-45-48-56-49-51(58-53(55)47-44-40-12-9-6-3)50-57-52(54)46-43-41-38-36-34-32-30-28-24-22-20-18-16-14-11-8-5-2/h51H,4-50H2,1-3H3. The number of unbranched alkanes of at least 4 members (excludes halogenated alkanes) is 39. The minimum Gasteiger partial charge on any atom is -0.462 e. The zero-order chi connectivity index (χ0) is 42.1. The molecule has 0 aromatic rings. The Balaban J connectivity index is 3.91. The van der Waals surface area contributed by atoms with Gasteiger partial charge in [-0.3, -0.25) is 9.59 Å². The van der Waals surface area contributed by atoms with Crippen LogP contribution in [0.5, 0.6) is 0 Å². The summed E-state index contributed by atoms with van der Waals surface area (Å²) in [5.74, 6) is -0.385. The fraction of sp³-hybridized carbons (Fsp3) is 0.962. The van der Waals surface area contributed by atoms with Crippen LogP contribution in [0, 0.1) is 0 Å². The molecule has 0 saturated heterocycles. The minimum atomic E-state index is -0.521. The van der Waals surface area contributed by atoms with Crippen molar-refractivity contribution in [3.8, 4) is 0 Å². The van der Waals surface area contributed by atoms with Crippen LogP contribution in [0.25, 0.3) is 0 Å². The molecule has 346 valence electrons. The number of ether oxygens (including phenoxy) is 3. The Kier molecular flexibility index (Phi) is 49.3. The minimum absolute atomic E-state index is 0.0959. The van der Waals surface area contributed by atoms with Crippen LogP contribution in [0.15, 0.2) is 0 Å². The van der Waals surface area contributed by atoms with E-state index in [1.165, 1.54) is 231 Å². The third kappa shape index (κ3) is 47.6. The van der Waals surface area contributed by atoms with E-state index >= 15 is 0 Å². The maximum Gasteiger partial charge on any atom is 0.306 e. The largest absolute Gasteiger partial charge is 0.462 e. The molecule has 0 aliphatic carbocycles. The summed E-state index contributed by atoms with van der Waals surface area (Å²) in [6.07, 6.45) is 55.8. The van der Waals surface area contributed by atoms with Gasteiger partial charge < -0.3 is 14.2 Å². The van der Waals surface area contributed by atoms with Gasteiger partial charge in [-0.1, -0.05) is 271 Å². The molecule has 0 aromatic heterocycles. The topological polar surface area (TPSA) is 61.8 Å². The van der Waals surface area contributed by atoms with Gasteiger partial charge in [0.25, 0.3) is 0 Å². The first-order chi connectivity index (χ1) is 28.6. The van der Waals surface area contributed by atoms with E-state index < -0.39 is 6.10 Å². The molecule has 1 unspecified atom stereocenters. The molecule has 0 aliphatic heterocycles. The van der Waals surface area contributed by atoms with Gasteiger partial charge in [-0.15, -0.1) is 0 Å². The normalized spacial score (nSPS) is 12.0. The van der Waals surface area contributed by atoms with Gasteiger partial charge in [0.2, 0.25) is 0 Å². The van der Waals surface area contributed by atoms with Crippen LogP contribution >= 0.6 is 0 Å². The second kappa shape index (κ2) is 50.3. The van der Waals surface area contributed by atoms with Crippen LogP contribution in [-0.4, -0.2) is 37.9 Å². The molecule has 0 aliphatic rings. The van der Waals surface area contributed by atoms with Gasteiger partial charge in [-0.2, -0.15) is 0 Å². The summed E-state index contributed by atoms with van der Waals surface area (Å²) in [6, 6.07) is 0. The monoisotopic (exact) mass is 821 g/mol. The van der Waals surface area contributed by atoms with Crippen molar-refractivity contribution < 1.29 is 23.8 Å². The number of hydrogen-bond acceptors (Lipinski definition) is 5. The summed E-state index contributed by atoms with van der Waals surface area (Å²) >= 11 is 0. The molecule has 0 heterocycles. The lowest BCUT2D eigenvalue weighted by atomic mass is 10.0. The first kappa shape index (κ1) is 56.9. The van der Waals surface area contributed by atoms with E-state index in [0.717, 1.165) is 38.5 Å². The molecule has 5 heteroatoms. The molecule has 0 saturated carbocycles. The van der Waals surface area contributed by atoms with Crippen LogP contribution in [0.2, 0.25) is 0 Å². The van der Waals surface area contributed by atoms with Crippen molar-refractivity contribution in [2.24, 2.45) is 0 Å². The SMILES string of the molecule is CCCCCCCCCCCCCCCCCCCCCCOCC(COC(=O)CCCCCCCCCCCCCCCCCCC)OC(=O)CCCCCCC. The Bertz CT molecular complexity index is 799. The molecule has 0 N–H and O–H groups in total. The molecule has 0 radical (unpaired) electrons. The maximum atomic E-state index is 12.6. The molecule has 0 fully saturated rings. The van der Waals surface area contributed by atoms with E-state index in [4.69, 9.17) is 14.2 Å². The van der Waals surface area contributed by atoms with Crippen molar-refractivity contribution in [3.05, 3.63) is 0 Å². The Morgan fingerprint density at radius 1 is 0.310 bits per heavy atom. The van der Waals surface area contributed by atoms with E-state index in [2.05, 4.69) is 20.8 Å². The molecule has 0 rings (SSSR count). The third-order valence-electron chi connectivity index (χ3n) is 12.1. The molecule has 58 heavy (non-hydrogen) atoms. The summed E-state index contributed by atoms with van der Waals surface area (Å²) in [5.41, 5.74) is 0. The molecule has 1 atom stereocenters. The quantitative estimate of drug-likeness (QED) is 0.0452. The van der Waals surface area contributed by atoms with E-state index in [1.807, 2.05) is 0 Å². The van der Waals surface area contributed by atoms with Gasteiger partial charge in [0.15, 0.2) is 6.10 Å². The summed E-state index contributed by atoms with van der Waals surface area (Å²) in [5, 5.41) is 0. The van der Waals surface area contributed by atoms with Crippen molar-refractivity contribution in [2.75, 3.05) is 19.8 Å². The number of esters is 2. The number of carbonyl (C=O) groups excluding carboxylic acids is 2. The van der Waals surface area contributed by atoms with Gasteiger partial charge in [0.05, 0.1) is 6.61 Å². The van der Waals surface area contributed by atoms with Crippen molar-refractivity contribution in [3.63, 3.8) is 0 Å². The molecule has 0 aromatic carbocycles. The van der Waals surface area contributed by atoms with Crippen LogP contribution < -0.4 is 0 Å². The molecule has 5 nitrogen and oxygen atoms in total. The van der Waals surface area contributed by atoms with Gasteiger partial charge in [-0.05, 0) is 19.3 Å². The fourth-order valence-electron chi connectivity index (χ4n) is 8.16. The number of carbonyl (C=O) groups is 2. The van der Waals surface area contributed by atoms with Crippen molar-refractivity contribution in [1.82, 2.24) is 0 Å². The lowest BCUT2D eigenvalue weighted by Crippen LogP contribution is -2.30. The van der Waals surface area contributed by atoms with Gasteiger partial charge in [-0.25, -0.2) is 0 Å². The molecule has 0 bridgehead atoms. The van der Waals surface area contributed by atoms with Crippen LogP contribution in [-0.2, 0) is 23.8 Å². The van der Waals surface area contributed by atoms with E-state index in [-0.39, 0.29) is 18.5 Å². The second-order valence-electron chi connectivity index (χ2n) is 18.2. The number of rotatable bonds is 50. The summed E-state index contributed by atoms with van der Waals surface area (Å²) in [4.78, 5) is 25.1. The highest BCUT2D eigenvalue weighted by Gasteiger charge is 2.17. The lowest BCUT2D eigenvalue weighted by Gasteiger charge is -2.18. The Morgan fingerprint density at radius 3 is 0.879 bits per heavy atom. The zero-order valence-corrected chi connectivity index (χ0v) is 39.9. The Morgan fingerprint density at radius 2 is 0.569 bits per heavy atom. The average Bonchev–Trinajstić information content (AvgIpc) is 3.22. The van der Waals surface area contributed by atoms with E-state index in [1.54, 1.807) is 0 Å². The van der Waals surface area contributed by atoms with Crippen LogP contribution in [0.3, 0.4) is 0 Å². The summed E-state index contributed by atoms with van der Waals surface area (Å²) in [7, 11) is 0. The zero-order valence-electron chi connectivity index (χ0n) is 39.9. The highest BCUT2D eigenvalue weighted by atomic mass is 16.6. The van der Waals surface area contributed by atoms with Crippen molar-refractivity contribution in [1.29, 1.82) is 0 Å².